The highest BCUT2D eigenvalue weighted by atomic mass is 79.9. The van der Waals surface area contributed by atoms with Crippen molar-refractivity contribution in [3.63, 3.8) is 0 Å². The lowest BCUT2D eigenvalue weighted by Gasteiger charge is -2.41. The normalized spacial score (nSPS) is 31.6. The SMILES string of the molecule is Cc1ccc(C(Br)C2CCC3CCCCC3C2)c(C)c1. The second-order valence-corrected chi connectivity index (χ2v) is 8.13. The van der Waals surface area contributed by atoms with E-state index in [4.69, 9.17) is 0 Å². The van der Waals surface area contributed by atoms with Gasteiger partial charge in [0.25, 0.3) is 0 Å². The van der Waals surface area contributed by atoms with Gasteiger partial charge in [0.05, 0.1) is 0 Å². The minimum Gasteiger partial charge on any atom is -0.0836 e. The molecule has 4 unspecified atom stereocenters. The number of halogens is 1. The molecule has 0 N–H and O–H groups in total. The molecular formula is C19H27Br. The minimum atomic E-state index is 0.561. The summed E-state index contributed by atoms with van der Waals surface area (Å²) in [5.74, 6) is 2.92. The van der Waals surface area contributed by atoms with E-state index in [0.717, 1.165) is 17.8 Å². The van der Waals surface area contributed by atoms with Crippen LogP contribution in [0.15, 0.2) is 18.2 Å². The molecule has 4 atom stereocenters. The van der Waals surface area contributed by atoms with E-state index in [2.05, 4.69) is 48.0 Å². The summed E-state index contributed by atoms with van der Waals surface area (Å²) in [5, 5.41) is 0. The Morgan fingerprint density at radius 2 is 1.75 bits per heavy atom. The number of rotatable bonds is 2. The third kappa shape index (κ3) is 2.98. The zero-order valence-electron chi connectivity index (χ0n) is 12.9. The number of benzene rings is 1. The molecule has 0 radical (unpaired) electrons. The summed E-state index contributed by atoms with van der Waals surface area (Å²) in [6, 6.07) is 6.94. The van der Waals surface area contributed by atoms with Crippen LogP contribution < -0.4 is 0 Å². The largest absolute Gasteiger partial charge is 0.0836 e. The average Bonchev–Trinajstić information content (AvgIpc) is 2.46. The standard InChI is InChI=1S/C19H27Br/c1-13-7-10-18(14(2)11-13)19(20)17-9-8-15-5-3-4-6-16(15)12-17/h7,10-11,15-17,19H,3-6,8-9,12H2,1-2H3. The van der Waals surface area contributed by atoms with Gasteiger partial charge in [-0.2, -0.15) is 0 Å². The maximum atomic E-state index is 4.04. The van der Waals surface area contributed by atoms with Crippen LogP contribution in [0.25, 0.3) is 0 Å². The maximum absolute atomic E-state index is 4.04. The van der Waals surface area contributed by atoms with Gasteiger partial charge in [-0.3, -0.25) is 0 Å². The second-order valence-electron chi connectivity index (χ2n) is 7.14. The van der Waals surface area contributed by atoms with Crippen molar-refractivity contribution in [1.29, 1.82) is 0 Å². The molecule has 0 nitrogen and oxygen atoms in total. The highest BCUT2D eigenvalue weighted by molar-refractivity contribution is 9.09. The van der Waals surface area contributed by atoms with Crippen LogP contribution in [0.5, 0.6) is 0 Å². The molecule has 20 heavy (non-hydrogen) atoms. The molecule has 2 fully saturated rings. The number of alkyl halides is 1. The summed E-state index contributed by atoms with van der Waals surface area (Å²) in [5.41, 5.74) is 4.36. The highest BCUT2D eigenvalue weighted by Crippen LogP contribution is 2.48. The Hall–Kier alpha value is -0.300. The number of aryl methyl sites for hydroxylation is 2. The van der Waals surface area contributed by atoms with Gasteiger partial charge in [0.2, 0.25) is 0 Å². The molecule has 1 aromatic carbocycles. The molecule has 1 heteroatoms. The second kappa shape index (κ2) is 6.22. The first-order valence-corrected chi connectivity index (χ1v) is 9.28. The van der Waals surface area contributed by atoms with Crippen LogP contribution in [0.3, 0.4) is 0 Å². The van der Waals surface area contributed by atoms with Crippen LogP contribution in [-0.4, -0.2) is 0 Å². The van der Waals surface area contributed by atoms with E-state index in [-0.39, 0.29) is 0 Å². The van der Waals surface area contributed by atoms with E-state index >= 15 is 0 Å². The molecule has 3 rings (SSSR count). The fraction of sp³-hybridized carbons (Fsp3) is 0.684. The van der Waals surface area contributed by atoms with Crippen molar-refractivity contribution in [3.8, 4) is 0 Å². The Balaban J connectivity index is 1.72. The molecule has 110 valence electrons. The molecule has 0 aromatic heterocycles. The molecule has 0 amide bonds. The van der Waals surface area contributed by atoms with Crippen LogP contribution in [-0.2, 0) is 0 Å². The Morgan fingerprint density at radius 1 is 1.00 bits per heavy atom. The molecule has 2 saturated carbocycles. The van der Waals surface area contributed by atoms with E-state index in [1.54, 1.807) is 0 Å². The predicted octanol–water partition coefficient (Wildman–Crippen LogP) is 6.35. The summed E-state index contributed by atoms with van der Waals surface area (Å²) in [6.45, 7) is 4.45. The van der Waals surface area contributed by atoms with Crippen LogP contribution in [0, 0.1) is 31.6 Å². The lowest BCUT2D eigenvalue weighted by molar-refractivity contribution is 0.129. The molecule has 0 aliphatic heterocycles. The lowest BCUT2D eigenvalue weighted by Crippen LogP contribution is -2.29. The van der Waals surface area contributed by atoms with Gasteiger partial charge in [0, 0.05) is 4.83 Å². The monoisotopic (exact) mass is 334 g/mol. The number of hydrogen-bond donors (Lipinski definition) is 0. The molecule has 2 aliphatic carbocycles. The Bertz CT molecular complexity index is 465. The Morgan fingerprint density at radius 3 is 2.50 bits per heavy atom. The summed E-state index contributed by atoms with van der Waals surface area (Å²) < 4.78 is 0. The zero-order valence-corrected chi connectivity index (χ0v) is 14.5. The summed E-state index contributed by atoms with van der Waals surface area (Å²) in [4.78, 5) is 0.561. The molecular weight excluding hydrogens is 308 g/mol. The van der Waals surface area contributed by atoms with Gasteiger partial charge in [0.1, 0.15) is 0 Å². The van der Waals surface area contributed by atoms with E-state index < -0.39 is 0 Å². The van der Waals surface area contributed by atoms with Gasteiger partial charge in [-0.25, -0.2) is 0 Å². The van der Waals surface area contributed by atoms with E-state index in [0.29, 0.717) is 4.83 Å². The summed E-state index contributed by atoms with van der Waals surface area (Å²) in [7, 11) is 0. The van der Waals surface area contributed by atoms with Crippen LogP contribution >= 0.6 is 15.9 Å². The first kappa shape index (κ1) is 14.6. The van der Waals surface area contributed by atoms with Crippen LogP contribution in [0.2, 0.25) is 0 Å². The number of hydrogen-bond acceptors (Lipinski definition) is 0. The quantitative estimate of drug-likeness (QED) is 0.553. The van der Waals surface area contributed by atoms with E-state index in [1.807, 2.05) is 0 Å². The fourth-order valence-corrected chi connectivity index (χ4v) is 5.56. The average molecular weight is 335 g/mol. The zero-order chi connectivity index (χ0) is 14.1. The van der Waals surface area contributed by atoms with Crippen molar-refractivity contribution in [1.82, 2.24) is 0 Å². The highest BCUT2D eigenvalue weighted by Gasteiger charge is 2.35. The molecule has 1 aromatic rings. The lowest BCUT2D eigenvalue weighted by atomic mass is 9.66. The summed E-state index contributed by atoms with van der Waals surface area (Å²) in [6.07, 6.45) is 10.3. The summed E-state index contributed by atoms with van der Waals surface area (Å²) >= 11 is 4.04. The maximum Gasteiger partial charge on any atom is 0.0426 e. The van der Waals surface area contributed by atoms with E-state index in [9.17, 15) is 0 Å². The smallest absolute Gasteiger partial charge is 0.0426 e. The first-order valence-electron chi connectivity index (χ1n) is 8.36. The van der Waals surface area contributed by atoms with Crippen LogP contribution in [0.1, 0.15) is 66.5 Å². The molecule has 0 heterocycles. The molecule has 0 saturated heterocycles. The number of fused-ring (bicyclic) bond motifs is 1. The van der Waals surface area contributed by atoms with Gasteiger partial charge < -0.3 is 0 Å². The van der Waals surface area contributed by atoms with Gasteiger partial charge in [0.15, 0.2) is 0 Å². The van der Waals surface area contributed by atoms with Crippen molar-refractivity contribution >= 4 is 15.9 Å². The van der Waals surface area contributed by atoms with E-state index in [1.165, 1.54) is 61.6 Å². The van der Waals surface area contributed by atoms with Crippen molar-refractivity contribution in [3.05, 3.63) is 34.9 Å². The van der Waals surface area contributed by atoms with Gasteiger partial charge in [-0.1, -0.05) is 65.4 Å². The van der Waals surface area contributed by atoms with Crippen molar-refractivity contribution in [2.45, 2.75) is 63.6 Å². The fourth-order valence-electron chi connectivity index (χ4n) is 4.56. The van der Waals surface area contributed by atoms with Crippen molar-refractivity contribution in [2.24, 2.45) is 17.8 Å². The van der Waals surface area contributed by atoms with Crippen molar-refractivity contribution in [2.75, 3.05) is 0 Å². The Labute approximate surface area is 132 Å². The Kier molecular flexibility index (Phi) is 4.55. The van der Waals surface area contributed by atoms with Crippen LogP contribution in [0.4, 0.5) is 0 Å². The van der Waals surface area contributed by atoms with Gasteiger partial charge >= 0.3 is 0 Å². The molecule has 0 bridgehead atoms. The third-order valence-corrected chi connectivity index (χ3v) is 6.96. The van der Waals surface area contributed by atoms with Gasteiger partial charge in [-0.05, 0) is 62.0 Å². The predicted molar refractivity (Wildman–Crippen MR) is 90.4 cm³/mol. The third-order valence-electron chi connectivity index (χ3n) is 5.72. The topological polar surface area (TPSA) is 0 Å². The first-order chi connectivity index (χ1) is 9.65. The van der Waals surface area contributed by atoms with Gasteiger partial charge in [-0.15, -0.1) is 0 Å². The van der Waals surface area contributed by atoms with Crippen molar-refractivity contribution < 1.29 is 0 Å². The molecule has 0 spiro atoms. The minimum absolute atomic E-state index is 0.561. The molecule has 2 aliphatic rings.